The summed E-state index contributed by atoms with van der Waals surface area (Å²) >= 11 is 3.11. The van der Waals surface area contributed by atoms with E-state index in [0.29, 0.717) is 23.3 Å². The van der Waals surface area contributed by atoms with E-state index in [0.717, 1.165) is 0 Å². The number of carbonyl (C=O) groups is 1. The van der Waals surface area contributed by atoms with E-state index < -0.39 is 5.60 Å². The Morgan fingerprint density at radius 1 is 1.69 bits per heavy atom. The molecule has 1 aromatic rings. The lowest BCUT2D eigenvalue weighted by Crippen LogP contribution is -2.43. The second-order valence-corrected chi connectivity index (χ2v) is 4.63. The van der Waals surface area contributed by atoms with Gasteiger partial charge >= 0.3 is 0 Å². The number of furan rings is 1. The standard InChI is InChI=1S/C10H12BrNO4/c11-8-3-7(4-16-8)9(13)12-5-10(14)1-2-15-6-10/h3-4,14H,1-2,5-6H2,(H,12,13)/t10-/m1/s1. The second kappa shape index (κ2) is 4.57. The Balaban J connectivity index is 1.88. The molecule has 0 bridgehead atoms. The minimum Gasteiger partial charge on any atom is -0.457 e. The molecule has 0 aromatic carbocycles. The zero-order valence-corrected chi connectivity index (χ0v) is 10.1. The number of carbonyl (C=O) groups excluding carboxylic acids is 1. The van der Waals surface area contributed by atoms with E-state index in [-0.39, 0.29) is 19.1 Å². The number of amides is 1. The molecule has 1 aromatic heterocycles. The third kappa shape index (κ3) is 2.63. The van der Waals surface area contributed by atoms with Crippen LogP contribution in [0.1, 0.15) is 16.8 Å². The molecule has 6 heteroatoms. The van der Waals surface area contributed by atoms with Crippen molar-refractivity contribution in [3.63, 3.8) is 0 Å². The normalized spacial score (nSPS) is 24.6. The molecule has 16 heavy (non-hydrogen) atoms. The molecule has 0 unspecified atom stereocenters. The molecule has 2 rings (SSSR count). The van der Waals surface area contributed by atoms with Crippen molar-refractivity contribution in [2.24, 2.45) is 0 Å². The van der Waals surface area contributed by atoms with Crippen LogP contribution in [0.15, 0.2) is 21.4 Å². The SMILES string of the molecule is O=C(NC[C@]1(O)CCOC1)c1coc(Br)c1. The summed E-state index contributed by atoms with van der Waals surface area (Å²) in [4.78, 5) is 11.6. The summed E-state index contributed by atoms with van der Waals surface area (Å²) in [5.41, 5.74) is -0.509. The van der Waals surface area contributed by atoms with Crippen molar-refractivity contribution in [3.05, 3.63) is 22.6 Å². The molecular weight excluding hydrogens is 278 g/mol. The summed E-state index contributed by atoms with van der Waals surface area (Å²) < 4.78 is 10.5. The van der Waals surface area contributed by atoms with Gasteiger partial charge in [-0.2, -0.15) is 0 Å². The van der Waals surface area contributed by atoms with Gasteiger partial charge in [-0.05, 0) is 15.9 Å². The summed E-state index contributed by atoms with van der Waals surface area (Å²) in [6.45, 7) is 0.987. The number of rotatable bonds is 3. The lowest BCUT2D eigenvalue weighted by Gasteiger charge is -2.20. The van der Waals surface area contributed by atoms with Crippen LogP contribution in [0.2, 0.25) is 0 Å². The van der Waals surface area contributed by atoms with E-state index in [1.807, 2.05) is 0 Å². The first-order chi connectivity index (χ1) is 7.59. The molecule has 5 nitrogen and oxygen atoms in total. The van der Waals surface area contributed by atoms with Gasteiger partial charge in [-0.25, -0.2) is 0 Å². The van der Waals surface area contributed by atoms with Crippen LogP contribution in [0, 0.1) is 0 Å². The van der Waals surface area contributed by atoms with E-state index in [2.05, 4.69) is 21.2 Å². The summed E-state index contributed by atoms with van der Waals surface area (Å²) in [6.07, 6.45) is 1.90. The molecule has 0 saturated carbocycles. The molecule has 2 N–H and O–H groups in total. The lowest BCUT2D eigenvalue weighted by molar-refractivity contribution is 0.0264. The van der Waals surface area contributed by atoms with Gasteiger partial charge in [0, 0.05) is 25.6 Å². The summed E-state index contributed by atoms with van der Waals surface area (Å²) in [5, 5.41) is 12.6. The largest absolute Gasteiger partial charge is 0.457 e. The molecule has 0 spiro atoms. The van der Waals surface area contributed by atoms with E-state index in [9.17, 15) is 9.90 Å². The first-order valence-corrected chi connectivity index (χ1v) is 5.71. The lowest BCUT2D eigenvalue weighted by atomic mass is 10.0. The third-order valence-corrected chi connectivity index (χ3v) is 2.91. The fraction of sp³-hybridized carbons (Fsp3) is 0.500. The van der Waals surface area contributed by atoms with Gasteiger partial charge in [-0.3, -0.25) is 4.79 Å². The van der Waals surface area contributed by atoms with Crippen LogP contribution >= 0.6 is 15.9 Å². The van der Waals surface area contributed by atoms with E-state index in [1.165, 1.54) is 6.26 Å². The number of aliphatic hydroxyl groups is 1. The van der Waals surface area contributed by atoms with Gasteiger partial charge in [-0.1, -0.05) is 0 Å². The molecule has 1 atom stereocenters. The predicted octanol–water partition coefficient (Wildman–Crippen LogP) is 0.923. The van der Waals surface area contributed by atoms with Crippen molar-refractivity contribution in [1.29, 1.82) is 0 Å². The molecule has 1 aliphatic rings. The van der Waals surface area contributed by atoms with Crippen molar-refractivity contribution in [3.8, 4) is 0 Å². The molecular formula is C10H12BrNO4. The Labute approximate surface area is 101 Å². The van der Waals surface area contributed by atoms with Crippen LogP contribution in [0.25, 0.3) is 0 Å². The second-order valence-electron chi connectivity index (χ2n) is 3.85. The fourth-order valence-electron chi connectivity index (χ4n) is 1.51. The first-order valence-electron chi connectivity index (χ1n) is 4.91. The van der Waals surface area contributed by atoms with E-state index in [1.54, 1.807) is 6.07 Å². The zero-order chi connectivity index (χ0) is 11.6. The van der Waals surface area contributed by atoms with Gasteiger partial charge < -0.3 is 19.6 Å². The number of halogens is 1. The molecule has 0 radical (unpaired) electrons. The zero-order valence-electron chi connectivity index (χ0n) is 8.53. The summed E-state index contributed by atoms with van der Waals surface area (Å²) in [7, 11) is 0. The molecule has 1 saturated heterocycles. The number of hydrogen-bond donors (Lipinski definition) is 2. The monoisotopic (exact) mass is 289 g/mol. The Kier molecular flexibility index (Phi) is 3.32. The molecule has 1 amide bonds. The molecule has 1 aliphatic heterocycles. The van der Waals surface area contributed by atoms with Crippen LogP contribution in [-0.4, -0.2) is 36.4 Å². The van der Waals surface area contributed by atoms with E-state index >= 15 is 0 Å². The van der Waals surface area contributed by atoms with Gasteiger partial charge in [0.2, 0.25) is 0 Å². The smallest absolute Gasteiger partial charge is 0.254 e. The Morgan fingerprint density at radius 3 is 3.06 bits per heavy atom. The fourth-order valence-corrected chi connectivity index (χ4v) is 1.85. The van der Waals surface area contributed by atoms with Crippen molar-refractivity contribution in [2.75, 3.05) is 19.8 Å². The highest BCUT2D eigenvalue weighted by Gasteiger charge is 2.32. The molecule has 0 aliphatic carbocycles. The minimum atomic E-state index is -0.934. The first kappa shape index (κ1) is 11.6. The van der Waals surface area contributed by atoms with Crippen LogP contribution < -0.4 is 5.32 Å². The Hall–Kier alpha value is -0.850. The van der Waals surface area contributed by atoms with Crippen LogP contribution in [0.5, 0.6) is 0 Å². The highest BCUT2D eigenvalue weighted by Crippen LogP contribution is 2.18. The van der Waals surface area contributed by atoms with Crippen molar-refractivity contribution < 1.29 is 19.1 Å². The summed E-state index contributed by atoms with van der Waals surface area (Å²) in [6, 6.07) is 1.57. The third-order valence-electron chi connectivity index (χ3n) is 2.49. The van der Waals surface area contributed by atoms with Crippen LogP contribution in [-0.2, 0) is 4.74 Å². The highest BCUT2D eigenvalue weighted by atomic mass is 79.9. The predicted molar refractivity (Wildman–Crippen MR) is 59.1 cm³/mol. The maximum atomic E-state index is 11.6. The average molecular weight is 290 g/mol. The molecule has 1 fully saturated rings. The Bertz CT molecular complexity index is 384. The van der Waals surface area contributed by atoms with Gasteiger partial charge in [0.25, 0.3) is 5.91 Å². The van der Waals surface area contributed by atoms with Gasteiger partial charge in [0.15, 0.2) is 4.67 Å². The maximum Gasteiger partial charge on any atom is 0.254 e. The quantitative estimate of drug-likeness (QED) is 0.868. The van der Waals surface area contributed by atoms with Gasteiger partial charge in [-0.15, -0.1) is 0 Å². The Morgan fingerprint density at radius 2 is 2.50 bits per heavy atom. The number of nitrogens with one attached hydrogen (secondary N) is 1. The van der Waals surface area contributed by atoms with Gasteiger partial charge in [0.05, 0.1) is 12.2 Å². The van der Waals surface area contributed by atoms with Crippen molar-refractivity contribution in [1.82, 2.24) is 5.32 Å². The number of hydrogen-bond acceptors (Lipinski definition) is 4. The van der Waals surface area contributed by atoms with Crippen molar-refractivity contribution in [2.45, 2.75) is 12.0 Å². The van der Waals surface area contributed by atoms with Crippen molar-refractivity contribution >= 4 is 21.8 Å². The van der Waals surface area contributed by atoms with Crippen LogP contribution in [0.4, 0.5) is 0 Å². The highest BCUT2D eigenvalue weighted by molar-refractivity contribution is 9.10. The maximum absolute atomic E-state index is 11.6. The number of ether oxygens (including phenoxy) is 1. The molecule has 88 valence electrons. The van der Waals surface area contributed by atoms with E-state index in [4.69, 9.17) is 9.15 Å². The van der Waals surface area contributed by atoms with Crippen LogP contribution in [0.3, 0.4) is 0 Å². The molecule has 2 heterocycles. The summed E-state index contributed by atoms with van der Waals surface area (Å²) in [5.74, 6) is -0.269. The van der Waals surface area contributed by atoms with Gasteiger partial charge in [0.1, 0.15) is 11.9 Å². The topological polar surface area (TPSA) is 71.7 Å². The minimum absolute atomic E-state index is 0.189. The average Bonchev–Trinajstić information content (AvgIpc) is 2.85.